The van der Waals surface area contributed by atoms with E-state index in [2.05, 4.69) is 11.4 Å². The summed E-state index contributed by atoms with van der Waals surface area (Å²) in [4.78, 5) is 28.6. The lowest BCUT2D eigenvalue weighted by molar-refractivity contribution is 0.0761. The molecule has 1 unspecified atom stereocenters. The molecule has 25 heavy (non-hydrogen) atoms. The Kier molecular flexibility index (Phi) is 5.95. The van der Waals surface area contributed by atoms with Crippen molar-refractivity contribution in [3.63, 3.8) is 0 Å². The molecule has 2 heterocycles. The number of hydrogen-bond donors (Lipinski definition) is 1. The van der Waals surface area contributed by atoms with Gasteiger partial charge >= 0.3 is 6.03 Å². The smallest absolute Gasteiger partial charge is 0.317 e. The summed E-state index contributed by atoms with van der Waals surface area (Å²) < 4.78 is 0. The summed E-state index contributed by atoms with van der Waals surface area (Å²) in [5.74, 6) is 0.464. The number of carbonyl (C=O) groups is 2. The molecule has 2 aliphatic rings. The van der Waals surface area contributed by atoms with E-state index in [0.717, 1.165) is 57.4 Å². The summed E-state index contributed by atoms with van der Waals surface area (Å²) in [6.45, 7) is 3.28. The van der Waals surface area contributed by atoms with Crippen LogP contribution in [0.3, 0.4) is 0 Å². The molecule has 0 saturated carbocycles. The van der Waals surface area contributed by atoms with Crippen molar-refractivity contribution in [2.75, 3.05) is 33.2 Å². The minimum atomic E-state index is -0.0125. The van der Waals surface area contributed by atoms with E-state index in [-0.39, 0.29) is 11.9 Å². The molecule has 2 saturated heterocycles. The Morgan fingerprint density at radius 1 is 1.00 bits per heavy atom. The fourth-order valence-corrected chi connectivity index (χ4v) is 3.97. The normalized spacial score (nSPS) is 21.6. The molecule has 2 aliphatic heterocycles. The number of nitrogens with zero attached hydrogens (tertiary/aromatic N) is 2. The number of piperidine rings is 1. The molecule has 0 aromatic heterocycles. The minimum absolute atomic E-state index is 0.0125. The second-order valence-corrected chi connectivity index (χ2v) is 7.17. The van der Waals surface area contributed by atoms with E-state index in [1.807, 2.05) is 28.0 Å². The fourth-order valence-electron chi connectivity index (χ4n) is 3.97. The third-order valence-corrected chi connectivity index (χ3v) is 5.42. The molecule has 5 heteroatoms. The lowest BCUT2D eigenvalue weighted by Crippen LogP contribution is -2.43. The van der Waals surface area contributed by atoms with Gasteiger partial charge in [0.15, 0.2) is 0 Å². The van der Waals surface area contributed by atoms with E-state index in [1.165, 1.54) is 18.4 Å². The van der Waals surface area contributed by atoms with Crippen LogP contribution in [0.5, 0.6) is 0 Å². The van der Waals surface area contributed by atoms with Crippen molar-refractivity contribution in [1.29, 1.82) is 0 Å². The number of hydrogen-bond acceptors (Lipinski definition) is 2. The van der Waals surface area contributed by atoms with Crippen LogP contribution >= 0.6 is 0 Å². The maximum absolute atomic E-state index is 12.9. The van der Waals surface area contributed by atoms with Crippen molar-refractivity contribution in [2.24, 2.45) is 0 Å². The molecule has 0 radical (unpaired) electrons. The zero-order valence-corrected chi connectivity index (χ0v) is 15.2. The highest BCUT2D eigenvalue weighted by molar-refractivity contribution is 5.94. The van der Waals surface area contributed by atoms with Gasteiger partial charge in [-0.25, -0.2) is 4.79 Å². The van der Waals surface area contributed by atoms with Crippen LogP contribution in [0.25, 0.3) is 0 Å². The molecule has 136 valence electrons. The molecular weight excluding hydrogens is 314 g/mol. The molecule has 3 amide bonds. The first kappa shape index (κ1) is 17.8. The topological polar surface area (TPSA) is 52.7 Å². The molecule has 2 fully saturated rings. The number of likely N-dealkylation sites (tertiary alicyclic amines) is 2. The zero-order chi connectivity index (χ0) is 17.6. The molecule has 1 aromatic rings. The molecule has 1 N–H and O–H groups in total. The fraction of sp³-hybridized carbons (Fsp3) is 0.600. The predicted molar refractivity (Wildman–Crippen MR) is 98.8 cm³/mol. The zero-order valence-electron chi connectivity index (χ0n) is 15.2. The summed E-state index contributed by atoms with van der Waals surface area (Å²) in [7, 11) is 1.67. The molecule has 0 bridgehead atoms. The van der Waals surface area contributed by atoms with E-state index in [0.29, 0.717) is 5.92 Å². The van der Waals surface area contributed by atoms with Gasteiger partial charge in [0.05, 0.1) is 0 Å². The Hall–Kier alpha value is -2.04. The van der Waals surface area contributed by atoms with E-state index in [1.54, 1.807) is 7.05 Å². The molecule has 1 aromatic carbocycles. The van der Waals surface area contributed by atoms with Crippen molar-refractivity contribution < 1.29 is 9.59 Å². The second kappa shape index (κ2) is 8.37. The SMILES string of the molecule is CNC(=O)N1CCCC(c2cccc(C(=O)N3CCCCCC3)c2)C1. The van der Waals surface area contributed by atoms with Crippen molar-refractivity contribution in [1.82, 2.24) is 15.1 Å². The Balaban J connectivity index is 1.72. The maximum Gasteiger partial charge on any atom is 0.317 e. The third-order valence-electron chi connectivity index (χ3n) is 5.42. The highest BCUT2D eigenvalue weighted by Crippen LogP contribution is 2.28. The van der Waals surface area contributed by atoms with Gasteiger partial charge in [-0.15, -0.1) is 0 Å². The number of carbonyl (C=O) groups excluding carboxylic acids is 2. The lowest BCUT2D eigenvalue weighted by atomic mass is 9.89. The van der Waals surface area contributed by atoms with Gasteiger partial charge in [0.1, 0.15) is 0 Å². The lowest BCUT2D eigenvalue weighted by Gasteiger charge is -2.33. The van der Waals surface area contributed by atoms with E-state index in [4.69, 9.17) is 0 Å². The highest BCUT2D eigenvalue weighted by atomic mass is 16.2. The van der Waals surface area contributed by atoms with Gasteiger partial charge in [0.2, 0.25) is 0 Å². The van der Waals surface area contributed by atoms with Gasteiger partial charge in [-0.2, -0.15) is 0 Å². The van der Waals surface area contributed by atoms with Crippen molar-refractivity contribution in [3.8, 4) is 0 Å². The Morgan fingerprint density at radius 3 is 2.44 bits per heavy atom. The number of amides is 3. The van der Waals surface area contributed by atoms with Crippen LogP contribution < -0.4 is 5.32 Å². The number of benzene rings is 1. The van der Waals surface area contributed by atoms with E-state index < -0.39 is 0 Å². The van der Waals surface area contributed by atoms with Crippen LogP contribution in [0, 0.1) is 0 Å². The predicted octanol–water partition coefficient (Wildman–Crippen LogP) is 3.22. The highest BCUT2D eigenvalue weighted by Gasteiger charge is 2.25. The van der Waals surface area contributed by atoms with Crippen LogP contribution in [0.1, 0.15) is 60.4 Å². The average Bonchev–Trinajstić information content (AvgIpc) is 2.96. The van der Waals surface area contributed by atoms with Crippen molar-refractivity contribution in [3.05, 3.63) is 35.4 Å². The standard InChI is InChI=1S/C20H29N3O2/c1-21-20(25)23-13-7-10-18(15-23)16-8-6-9-17(14-16)19(24)22-11-4-2-3-5-12-22/h6,8-9,14,18H,2-5,7,10-13,15H2,1H3,(H,21,25). The van der Waals surface area contributed by atoms with E-state index in [9.17, 15) is 9.59 Å². The largest absolute Gasteiger partial charge is 0.341 e. The monoisotopic (exact) mass is 343 g/mol. The van der Waals surface area contributed by atoms with Crippen LogP contribution in [-0.2, 0) is 0 Å². The van der Waals surface area contributed by atoms with Crippen LogP contribution in [0.4, 0.5) is 4.79 Å². The van der Waals surface area contributed by atoms with Crippen LogP contribution in [0.15, 0.2) is 24.3 Å². The number of nitrogens with one attached hydrogen (secondary N) is 1. The van der Waals surface area contributed by atoms with Gasteiger partial charge in [0.25, 0.3) is 5.91 Å². The average molecular weight is 343 g/mol. The molecule has 0 spiro atoms. The molecule has 3 rings (SSSR count). The Labute approximate surface area is 150 Å². The second-order valence-electron chi connectivity index (χ2n) is 7.17. The van der Waals surface area contributed by atoms with Crippen LogP contribution in [0.2, 0.25) is 0 Å². The van der Waals surface area contributed by atoms with Crippen molar-refractivity contribution >= 4 is 11.9 Å². The van der Waals surface area contributed by atoms with Gasteiger partial charge in [-0.05, 0) is 43.4 Å². The van der Waals surface area contributed by atoms with Gasteiger partial charge in [-0.1, -0.05) is 25.0 Å². The summed E-state index contributed by atoms with van der Waals surface area (Å²) in [6.07, 6.45) is 6.73. The summed E-state index contributed by atoms with van der Waals surface area (Å²) in [5.41, 5.74) is 1.96. The molecule has 1 atom stereocenters. The van der Waals surface area contributed by atoms with Gasteiger partial charge < -0.3 is 15.1 Å². The quantitative estimate of drug-likeness (QED) is 0.896. The number of urea groups is 1. The Bertz CT molecular complexity index is 609. The first-order chi connectivity index (χ1) is 12.2. The summed E-state index contributed by atoms with van der Waals surface area (Å²) in [5, 5.41) is 2.71. The van der Waals surface area contributed by atoms with Crippen LogP contribution in [-0.4, -0.2) is 55.0 Å². The van der Waals surface area contributed by atoms with Gasteiger partial charge in [0, 0.05) is 44.7 Å². The summed E-state index contributed by atoms with van der Waals surface area (Å²) in [6, 6.07) is 8.04. The van der Waals surface area contributed by atoms with E-state index >= 15 is 0 Å². The molecule has 5 nitrogen and oxygen atoms in total. The third kappa shape index (κ3) is 4.33. The van der Waals surface area contributed by atoms with Crippen molar-refractivity contribution in [2.45, 2.75) is 44.4 Å². The number of rotatable bonds is 2. The minimum Gasteiger partial charge on any atom is -0.341 e. The first-order valence-electron chi connectivity index (χ1n) is 9.55. The molecular formula is C20H29N3O2. The summed E-state index contributed by atoms with van der Waals surface area (Å²) >= 11 is 0. The first-order valence-corrected chi connectivity index (χ1v) is 9.55. The van der Waals surface area contributed by atoms with Gasteiger partial charge in [-0.3, -0.25) is 4.79 Å². The Morgan fingerprint density at radius 2 is 1.72 bits per heavy atom. The maximum atomic E-state index is 12.9. The molecule has 0 aliphatic carbocycles.